The maximum absolute atomic E-state index is 13.3. The third kappa shape index (κ3) is 4.17. The zero-order valence-electron chi connectivity index (χ0n) is 14.3. The Labute approximate surface area is 153 Å². The van der Waals surface area contributed by atoms with Crippen molar-refractivity contribution in [2.24, 2.45) is 0 Å². The van der Waals surface area contributed by atoms with Gasteiger partial charge < -0.3 is 10.1 Å². The van der Waals surface area contributed by atoms with Crippen molar-refractivity contribution in [2.45, 2.75) is 6.92 Å². The molecule has 0 saturated heterocycles. The molecule has 1 heterocycles. The molecule has 0 bridgehead atoms. The van der Waals surface area contributed by atoms with Crippen molar-refractivity contribution < 1.29 is 18.3 Å². The summed E-state index contributed by atoms with van der Waals surface area (Å²) in [5.41, 5.74) is -0.669. The van der Waals surface area contributed by atoms with E-state index in [2.05, 4.69) is 10.4 Å². The summed E-state index contributed by atoms with van der Waals surface area (Å²) in [5, 5.41) is 6.36. The lowest BCUT2D eigenvalue weighted by Crippen LogP contribution is -2.26. The normalized spacial score (nSPS) is 10.5. The van der Waals surface area contributed by atoms with E-state index in [0.29, 0.717) is 18.4 Å². The molecule has 3 rings (SSSR count). The Morgan fingerprint density at radius 3 is 2.41 bits per heavy atom. The molecular weight excluding hydrogens is 356 g/mol. The number of anilines is 1. The molecule has 0 spiro atoms. The quantitative estimate of drug-likeness (QED) is 0.748. The first-order valence-electron chi connectivity index (χ1n) is 8.08. The minimum absolute atomic E-state index is 0.126. The second-order valence-corrected chi connectivity index (χ2v) is 5.49. The Hall–Kier alpha value is -3.55. The van der Waals surface area contributed by atoms with Crippen molar-refractivity contribution in [3.8, 4) is 11.6 Å². The highest BCUT2D eigenvalue weighted by Crippen LogP contribution is 2.17. The molecule has 8 heteroatoms. The molecule has 6 nitrogen and oxygen atoms in total. The van der Waals surface area contributed by atoms with E-state index in [-0.39, 0.29) is 11.6 Å². The van der Waals surface area contributed by atoms with Gasteiger partial charge in [-0.15, -0.1) is 0 Å². The van der Waals surface area contributed by atoms with Gasteiger partial charge in [-0.05, 0) is 31.2 Å². The van der Waals surface area contributed by atoms with E-state index in [1.165, 1.54) is 4.68 Å². The standard InChI is InChI=1S/C19H15F2N3O3/c1-2-27-17-11-16(25)18(23-24(17)15-6-4-3-5-7-15)19(26)22-14-9-12(20)8-13(21)10-14/h3-11H,2H2,1H3,(H,22,26). The number of halogens is 2. The van der Waals surface area contributed by atoms with Crippen LogP contribution in [0.4, 0.5) is 14.5 Å². The maximum atomic E-state index is 13.3. The van der Waals surface area contributed by atoms with Crippen LogP contribution < -0.4 is 15.5 Å². The van der Waals surface area contributed by atoms with Crippen LogP contribution in [0.15, 0.2) is 59.4 Å². The fourth-order valence-electron chi connectivity index (χ4n) is 2.42. The lowest BCUT2D eigenvalue weighted by molar-refractivity contribution is 0.101. The molecule has 0 saturated carbocycles. The number of nitrogens with one attached hydrogen (secondary N) is 1. The van der Waals surface area contributed by atoms with Gasteiger partial charge >= 0.3 is 0 Å². The van der Waals surface area contributed by atoms with Gasteiger partial charge in [0.1, 0.15) is 11.6 Å². The largest absolute Gasteiger partial charge is 0.478 e. The number of rotatable bonds is 5. The summed E-state index contributed by atoms with van der Waals surface area (Å²) < 4.78 is 33.3. The minimum Gasteiger partial charge on any atom is -0.478 e. The SMILES string of the molecule is CCOc1cc(=O)c(C(=O)Nc2cc(F)cc(F)c2)nn1-c1ccccc1. The highest BCUT2D eigenvalue weighted by atomic mass is 19.1. The van der Waals surface area contributed by atoms with Gasteiger partial charge in [0.25, 0.3) is 5.91 Å². The van der Waals surface area contributed by atoms with Crippen LogP contribution in [0.5, 0.6) is 5.88 Å². The number of benzene rings is 2. The van der Waals surface area contributed by atoms with Gasteiger partial charge in [-0.2, -0.15) is 5.10 Å². The molecule has 1 amide bonds. The summed E-state index contributed by atoms with van der Waals surface area (Å²) in [6.45, 7) is 2.04. The van der Waals surface area contributed by atoms with E-state index >= 15 is 0 Å². The average molecular weight is 371 g/mol. The number of aromatic nitrogens is 2. The van der Waals surface area contributed by atoms with Crippen LogP contribution in [0.2, 0.25) is 0 Å². The first-order chi connectivity index (χ1) is 13.0. The number of hydrogen-bond acceptors (Lipinski definition) is 4. The summed E-state index contributed by atoms with van der Waals surface area (Å²) in [7, 11) is 0. The Morgan fingerprint density at radius 1 is 1.11 bits per heavy atom. The molecule has 0 aliphatic carbocycles. The first-order valence-corrected chi connectivity index (χ1v) is 8.08. The molecule has 2 aromatic carbocycles. The fourth-order valence-corrected chi connectivity index (χ4v) is 2.42. The zero-order chi connectivity index (χ0) is 19.4. The highest BCUT2D eigenvalue weighted by molar-refractivity contribution is 6.02. The molecule has 3 aromatic rings. The zero-order valence-corrected chi connectivity index (χ0v) is 14.3. The number of para-hydroxylation sites is 1. The smallest absolute Gasteiger partial charge is 0.280 e. The Kier molecular flexibility index (Phi) is 5.25. The van der Waals surface area contributed by atoms with Crippen LogP contribution in [0.25, 0.3) is 5.69 Å². The van der Waals surface area contributed by atoms with Crippen molar-refractivity contribution in [1.29, 1.82) is 0 Å². The van der Waals surface area contributed by atoms with E-state index in [4.69, 9.17) is 4.74 Å². The molecule has 0 aliphatic rings. The van der Waals surface area contributed by atoms with Gasteiger partial charge in [-0.1, -0.05) is 18.2 Å². The van der Waals surface area contributed by atoms with Crippen LogP contribution in [0.1, 0.15) is 17.4 Å². The monoisotopic (exact) mass is 371 g/mol. The van der Waals surface area contributed by atoms with Gasteiger partial charge in [0, 0.05) is 11.8 Å². The summed E-state index contributed by atoms with van der Waals surface area (Å²) in [5.74, 6) is -2.43. The molecule has 0 unspecified atom stereocenters. The first kappa shape index (κ1) is 18.2. The second-order valence-electron chi connectivity index (χ2n) is 5.49. The van der Waals surface area contributed by atoms with Gasteiger partial charge in [0.15, 0.2) is 5.69 Å². The number of carbonyl (C=O) groups excluding carboxylic acids is 1. The van der Waals surface area contributed by atoms with Gasteiger partial charge in [-0.3, -0.25) is 9.59 Å². The van der Waals surface area contributed by atoms with Crippen molar-refractivity contribution in [3.63, 3.8) is 0 Å². The summed E-state index contributed by atoms with van der Waals surface area (Å²) >= 11 is 0. The minimum atomic E-state index is -0.891. The number of amides is 1. The van der Waals surface area contributed by atoms with Crippen molar-refractivity contribution in [2.75, 3.05) is 11.9 Å². The molecule has 1 aromatic heterocycles. The van der Waals surface area contributed by atoms with Crippen molar-refractivity contribution in [1.82, 2.24) is 9.78 Å². The van der Waals surface area contributed by atoms with Crippen LogP contribution in [0, 0.1) is 11.6 Å². The Morgan fingerprint density at radius 2 is 1.78 bits per heavy atom. The topological polar surface area (TPSA) is 73.2 Å². The van der Waals surface area contributed by atoms with E-state index in [1.807, 2.05) is 0 Å². The van der Waals surface area contributed by atoms with Crippen molar-refractivity contribution in [3.05, 3.63) is 82.1 Å². The number of carbonyl (C=O) groups is 1. The Bertz CT molecular complexity index is 1020. The van der Waals surface area contributed by atoms with Crippen LogP contribution >= 0.6 is 0 Å². The van der Waals surface area contributed by atoms with Crippen LogP contribution in [0.3, 0.4) is 0 Å². The molecule has 0 atom stereocenters. The molecular formula is C19H15F2N3O3. The van der Waals surface area contributed by atoms with E-state index in [1.54, 1.807) is 37.3 Å². The third-order valence-corrected chi connectivity index (χ3v) is 3.53. The lowest BCUT2D eigenvalue weighted by Gasteiger charge is -2.13. The predicted octanol–water partition coefficient (Wildman–Crippen LogP) is 3.16. The van der Waals surface area contributed by atoms with E-state index in [0.717, 1.165) is 18.2 Å². The Balaban J connectivity index is 2.02. The average Bonchev–Trinajstić information content (AvgIpc) is 2.62. The molecule has 0 aliphatic heterocycles. The summed E-state index contributed by atoms with van der Waals surface area (Å²) in [6, 6.07) is 12.5. The van der Waals surface area contributed by atoms with Gasteiger partial charge in [0.05, 0.1) is 18.4 Å². The maximum Gasteiger partial charge on any atom is 0.280 e. The number of nitrogens with zero attached hydrogens (tertiary/aromatic N) is 2. The van der Waals surface area contributed by atoms with Crippen molar-refractivity contribution >= 4 is 11.6 Å². The van der Waals surface area contributed by atoms with E-state index in [9.17, 15) is 18.4 Å². The summed E-state index contributed by atoms with van der Waals surface area (Å²) in [4.78, 5) is 24.7. The number of ether oxygens (including phenoxy) is 1. The number of hydrogen-bond donors (Lipinski definition) is 1. The molecule has 27 heavy (non-hydrogen) atoms. The van der Waals surface area contributed by atoms with Crippen LogP contribution in [-0.4, -0.2) is 22.3 Å². The highest BCUT2D eigenvalue weighted by Gasteiger charge is 2.18. The third-order valence-electron chi connectivity index (χ3n) is 3.53. The van der Waals surface area contributed by atoms with Gasteiger partial charge in [0.2, 0.25) is 11.3 Å². The predicted molar refractivity (Wildman–Crippen MR) is 95.3 cm³/mol. The molecule has 0 fully saturated rings. The summed E-state index contributed by atoms with van der Waals surface area (Å²) in [6.07, 6.45) is 0. The van der Waals surface area contributed by atoms with E-state index < -0.39 is 28.7 Å². The molecule has 138 valence electrons. The molecule has 1 N–H and O–H groups in total. The fraction of sp³-hybridized carbons (Fsp3) is 0.105. The van der Waals surface area contributed by atoms with Crippen LogP contribution in [-0.2, 0) is 0 Å². The molecule has 0 radical (unpaired) electrons. The second kappa shape index (κ2) is 7.77. The lowest BCUT2D eigenvalue weighted by atomic mass is 10.2. The van der Waals surface area contributed by atoms with Gasteiger partial charge in [-0.25, -0.2) is 13.5 Å².